The predicted octanol–water partition coefficient (Wildman–Crippen LogP) is -1.07. The molecule has 0 unspecified atom stereocenters. The van der Waals surface area contributed by atoms with Crippen molar-refractivity contribution in [1.82, 2.24) is 10.6 Å². The second-order valence-corrected chi connectivity index (χ2v) is 1.77. The highest BCUT2D eigenvalue weighted by Crippen LogP contribution is 1.88. The Labute approximate surface area is 57.7 Å². The Hall–Kier alpha value is -1.57. The highest BCUT2D eigenvalue weighted by atomic mass is 16.1. The van der Waals surface area contributed by atoms with Crippen molar-refractivity contribution >= 4 is 11.9 Å². The summed E-state index contributed by atoms with van der Waals surface area (Å²) in [4.78, 5) is 14.4. The molecule has 5 heteroatoms. The van der Waals surface area contributed by atoms with Gasteiger partial charge in [-0.15, -0.1) is 0 Å². The van der Waals surface area contributed by atoms with Gasteiger partial charge in [-0.2, -0.15) is 5.26 Å². The number of guanidine groups is 1. The number of hydrogen-bond acceptors (Lipinski definition) is 4. The molecule has 1 aliphatic heterocycles. The van der Waals surface area contributed by atoms with Crippen LogP contribution in [-0.4, -0.2) is 18.4 Å². The van der Waals surface area contributed by atoms with Crippen LogP contribution >= 0.6 is 0 Å². The van der Waals surface area contributed by atoms with Crippen molar-refractivity contribution in [3.8, 4) is 6.19 Å². The molecule has 10 heavy (non-hydrogen) atoms. The first kappa shape index (κ1) is 6.55. The first-order valence-electron chi connectivity index (χ1n) is 2.82. The van der Waals surface area contributed by atoms with Crippen LogP contribution in [0.1, 0.15) is 6.42 Å². The third kappa shape index (κ3) is 1.45. The molecule has 0 radical (unpaired) electrons. The van der Waals surface area contributed by atoms with Crippen molar-refractivity contribution in [3.05, 3.63) is 0 Å². The van der Waals surface area contributed by atoms with Crippen LogP contribution in [0.5, 0.6) is 0 Å². The second kappa shape index (κ2) is 2.82. The highest BCUT2D eigenvalue weighted by molar-refractivity contribution is 5.99. The lowest BCUT2D eigenvalue weighted by atomic mass is 10.4. The van der Waals surface area contributed by atoms with Gasteiger partial charge in [0.15, 0.2) is 6.19 Å². The van der Waals surface area contributed by atoms with E-state index in [4.69, 9.17) is 5.26 Å². The maximum atomic E-state index is 10.6. The number of amides is 1. The summed E-state index contributed by atoms with van der Waals surface area (Å²) in [6.07, 6.45) is 2.06. The highest BCUT2D eigenvalue weighted by Gasteiger charge is 2.09. The van der Waals surface area contributed by atoms with Crippen molar-refractivity contribution in [2.45, 2.75) is 6.42 Å². The number of nitriles is 1. The number of rotatable bonds is 0. The number of nitrogens with zero attached hydrogens (tertiary/aromatic N) is 2. The molecule has 0 spiro atoms. The molecule has 0 saturated heterocycles. The summed E-state index contributed by atoms with van der Waals surface area (Å²) in [5, 5.41) is 12.7. The van der Waals surface area contributed by atoms with Gasteiger partial charge in [0, 0.05) is 6.42 Å². The van der Waals surface area contributed by atoms with Gasteiger partial charge >= 0.3 is 0 Å². The molecule has 0 atom stereocenters. The van der Waals surface area contributed by atoms with Gasteiger partial charge in [0.05, 0.1) is 6.54 Å². The summed E-state index contributed by atoms with van der Waals surface area (Å²) >= 11 is 0. The van der Waals surface area contributed by atoms with Gasteiger partial charge in [-0.05, 0) is 0 Å². The van der Waals surface area contributed by atoms with Gasteiger partial charge < -0.3 is 0 Å². The second-order valence-electron chi connectivity index (χ2n) is 1.77. The molecule has 0 aliphatic carbocycles. The summed E-state index contributed by atoms with van der Waals surface area (Å²) in [6, 6.07) is 0. The number of hydrogen-bond donors (Lipinski definition) is 2. The first-order valence-corrected chi connectivity index (χ1v) is 2.82. The fourth-order valence-electron chi connectivity index (χ4n) is 0.627. The van der Waals surface area contributed by atoms with E-state index in [0.29, 0.717) is 13.0 Å². The van der Waals surface area contributed by atoms with Gasteiger partial charge in [-0.25, -0.2) is 0 Å². The van der Waals surface area contributed by atoms with Crippen molar-refractivity contribution in [2.24, 2.45) is 4.99 Å². The Morgan fingerprint density at radius 3 is 3.20 bits per heavy atom. The molecule has 1 amide bonds. The zero-order chi connectivity index (χ0) is 7.40. The van der Waals surface area contributed by atoms with Crippen molar-refractivity contribution < 1.29 is 4.79 Å². The number of carbonyl (C=O) groups excluding carboxylic acids is 1. The lowest BCUT2D eigenvalue weighted by Gasteiger charge is -2.09. The molecule has 0 bridgehead atoms. The van der Waals surface area contributed by atoms with Crippen molar-refractivity contribution in [1.29, 1.82) is 5.26 Å². The third-order valence-corrected chi connectivity index (χ3v) is 1.04. The molecule has 5 nitrogen and oxygen atoms in total. The molecule has 0 saturated carbocycles. The van der Waals surface area contributed by atoms with Gasteiger partial charge in [-0.3, -0.25) is 20.4 Å². The van der Waals surface area contributed by atoms with Crippen LogP contribution in [0, 0.1) is 11.5 Å². The van der Waals surface area contributed by atoms with Crippen LogP contribution in [0.2, 0.25) is 0 Å². The zero-order valence-corrected chi connectivity index (χ0v) is 5.22. The van der Waals surface area contributed by atoms with Gasteiger partial charge in [0.2, 0.25) is 11.9 Å². The minimum absolute atomic E-state index is 0.104. The van der Waals surface area contributed by atoms with Crippen molar-refractivity contribution in [3.63, 3.8) is 0 Å². The normalized spacial score (nSPS) is 16.7. The summed E-state index contributed by atoms with van der Waals surface area (Å²) in [5.74, 6) is 0.145. The number of nitrogens with one attached hydrogen (secondary N) is 2. The van der Waals surface area contributed by atoms with E-state index in [9.17, 15) is 4.79 Å². The molecule has 52 valence electrons. The molecular weight excluding hydrogens is 132 g/mol. The topological polar surface area (TPSA) is 77.3 Å². The quantitative estimate of drug-likeness (QED) is 0.330. The SMILES string of the molecule is N#CNC1=NCCC(=O)N1. The Morgan fingerprint density at radius 1 is 1.80 bits per heavy atom. The van der Waals surface area contributed by atoms with E-state index < -0.39 is 0 Å². The average Bonchev–Trinajstić information content (AvgIpc) is 1.88. The molecule has 0 fully saturated rings. The minimum Gasteiger partial charge on any atom is -0.296 e. The van der Waals surface area contributed by atoms with E-state index >= 15 is 0 Å². The third-order valence-electron chi connectivity index (χ3n) is 1.04. The first-order chi connectivity index (χ1) is 4.83. The van der Waals surface area contributed by atoms with Crippen LogP contribution in [-0.2, 0) is 4.79 Å². The van der Waals surface area contributed by atoms with E-state index in [1.807, 2.05) is 0 Å². The maximum Gasteiger partial charge on any atom is 0.228 e. The van der Waals surface area contributed by atoms with Gasteiger partial charge in [0.1, 0.15) is 0 Å². The van der Waals surface area contributed by atoms with Crippen LogP contribution in [0.15, 0.2) is 4.99 Å². The molecule has 0 aromatic rings. The van der Waals surface area contributed by atoms with E-state index in [2.05, 4.69) is 15.6 Å². The lowest BCUT2D eigenvalue weighted by Crippen LogP contribution is -2.42. The Bertz CT molecular complexity index is 214. The Kier molecular flexibility index (Phi) is 1.85. The van der Waals surface area contributed by atoms with Gasteiger partial charge in [0.25, 0.3) is 0 Å². The molecular formula is C5H6N4O. The van der Waals surface area contributed by atoms with Crippen LogP contribution in [0.4, 0.5) is 0 Å². The smallest absolute Gasteiger partial charge is 0.228 e. The monoisotopic (exact) mass is 138 g/mol. The van der Waals surface area contributed by atoms with E-state index in [1.54, 1.807) is 6.19 Å². The van der Waals surface area contributed by atoms with E-state index in [-0.39, 0.29) is 11.9 Å². The van der Waals surface area contributed by atoms with E-state index in [1.165, 1.54) is 0 Å². The fourth-order valence-corrected chi connectivity index (χ4v) is 0.627. The average molecular weight is 138 g/mol. The van der Waals surface area contributed by atoms with Crippen LogP contribution in [0.25, 0.3) is 0 Å². The lowest BCUT2D eigenvalue weighted by molar-refractivity contribution is -0.119. The predicted molar refractivity (Wildman–Crippen MR) is 33.8 cm³/mol. The molecule has 0 aromatic heterocycles. The molecule has 0 aromatic carbocycles. The standard InChI is InChI=1S/C5H6N4O/c6-3-8-5-7-2-1-4(10)9-5/h1-2H2,(H2,7,8,9,10). The summed E-state index contributed by atoms with van der Waals surface area (Å²) < 4.78 is 0. The van der Waals surface area contributed by atoms with Gasteiger partial charge in [-0.1, -0.05) is 0 Å². The van der Waals surface area contributed by atoms with Crippen LogP contribution < -0.4 is 10.6 Å². The minimum atomic E-state index is -0.104. The Morgan fingerprint density at radius 2 is 2.60 bits per heavy atom. The molecule has 2 N–H and O–H groups in total. The summed E-state index contributed by atoms with van der Waals surface area (Å²) in [5.41, 5.74) is 0. The van der Waals surface area contributed by atoms with Crippen LogP contribution in [0.3, 0.4) is 0 Å². The van der Waals surface area contributed by atoms with Crippen molar-refractivity contribution in [2.75, 3.05) is 6.54 Å². The summed E-state index contributed by atoms with van der Waals surface area (Å²) in [6.45, 7) is 0.454. The summed E-state index contributed by atoms with van der Waals surface area (Å²) in [7, 11) is 0. The molecule has 1 rings (SSSR count). The Balaban J connectivity index is 2.53. The number of carbonyl (C=O) groups is 1. The maximum absolute atomic E-state index is 10.6. The van der Waals surface area contributed by atoms with E-state index in [0.717, 1.165) is 0 Å². The largest absolute Gasteiger partial charge is 0.296 e. The number of aliphatic imine (C=N–C) groups is 1. The molecule has 1 heterocycles. The zero-order valence-electron chi connectivity index (χ0n) is 5.22. The fraction of sp³-hybridized carbons (Fsp3) is 0.400. The molecule has 1 aliphatic rings.